The lowest BCUT2D eigenvalue weighted by Gasteiger charge is -2.01. The summed E-state index contributed by atoms with van der Waals surface area (Å²) in [7, 11) is 0. The molecule has 0 heterocycles. The molecule has 0 N–H and O–H groups in total. The van der Waals surface area contributed by atoms with Crippen molar-refractivity contribution < 1.29 is 15.3 Å². The minimum atomic E-state index is 0. The summed E-state index contributed by atoms with van der Waals surface area (Å²) in [5, 5.41) is 29.9. The molecule has 0 fully saturated rings. The summed E-state index contributed by atoms with van der Waals surface area (Å²) in [4.78, 5) is 0. The summed E-state index contributed by atoms with van der Waals surface area (Å²) in [5.41, 5.74) is 0. The summed E-state index contributed by atoms with van der Waals surface area (Å²) in [6.45, 7) is 6.96. The Labute approximate surface area is 188 Å². The highest BCUT2D eigenvalue weighted by Gasteiger charge is 1.85. The van der Waals surface area contributed by atoms with Crippen LogP contribution in [0.15, 0.2) is 0 Å². The number of hydrogen-bond donors (Lipinski definition) is 0. The third-order valence-electron chi connectivity index (χ3n) is 4.49. The Morgan fingerprint density at radius 1 is 0.321 bits per heavy atom. The van der Waals surface area contributed by atoms with Gasteiger partial charge in [-0.05, 0) is 0 Å². The zero-order chi connectivity index (χ0) is 20.8. The molecule has 0 rings (SSSR count). The fourth-order valence-corrected chi connectivity index (χ4v) is 2.65. The van der Waals surface area contributed by atoms with Crippen molar-refractivity contribution in [3.05, 3.63) is 0 Å². The van der Waals surface area contributed by atoms with Crippen molar-refractivity contribution in [2.24, 2.45) is 0 Å². The second-order valence-electron chi connectivity index (χ2n) is 7.42. The zero-order valence-electron chi connectivity index (χ0n) is 19.7. The standard InChI is InChI=1S/3C8H17O.Al/c3*1-2-3-4-5-6-7-8-9;/h3*2-8H2,1H3;/q3*-1;. The Hall–Kier alpha value is 0.412. The van der Waals surface area contributed by atoms with Crippen LogP contribution in [-0.4, -0.2) is 37.2 Å². The van der Waals surface area contributed by atoms with Gasteiger partial charge in [-0.15, -0.1) is 19.8 Å². The lowest BCUT2D eigenvalue weighted by atomic mass is 10.1. The minimum Gasteiger partial charge on any atom is -0.854 e. The van der Waals surface area contributed by atoms with Crippen molar-refractivity contribution in [1.82, 2.24) is 0 Å². The minimum absolute atomic E-state index is 0. The van der Waals surface area contributed by atoms with E-state index in [1.165, 1.54) is 77.0 Å². The molecule has 0 spiro atoms. The van der Waals surface area contributed by atoms with Gasteiger partial charge < -0.3 is 15.3 Å². The summed E-state index contributed by atoms with van der Waals surface area (Å²) in [6.07, 6.45) is 21.7. The smallest absolute Gasteiger partial charge is 0 e. The van der Waals surface area contributed by atoms with E-state index in [0.29, 0.717) is 0 Å². The van der Waals surface area contributed by atoms with Crippen molar-refractivity contribution in [3.8, 4) is 0 Å². The molecule has 0 unspecified atom stereocenters. The van der Waals surface area contributed by atoms with Crippen LogP contribution in [-0.2, 0) is 0 Å². The molecule has 0 saturated carbocycles. The van der Waals surface area contributed by atoms with E-state index in [9.17, 15) is 15.3 Å². The van der Waals surface area contributed by atoms with Crippen LogP contribution in [0.4, 0.5) is 0 Å². The van der Waals surface area contributed by atoms with Gasteiger partial charge in [0.1, 0.15) is 0 Å². The van der Waals surface area contributed by atoms with Crippen LogP contribution in [0.5, 0.6) is 0 Å². The Bertz CT molecular complexity index is 153. The van der Waals surface area contributed by atoms with Gasteiger partial charge >= 0.3 is 0 Å². The molecule has 0 aromatic carbocycles. The molecule has 0 aromatic heterocycles. The first-order valence-corrected chi connectivity index (χ1v) is 12.0. The topological polar surface area (TPSA) is 69.2 Å². The van der Waals surface area contributed by atoms with Gasteiger partial charge in [-0.2, -0.15) is 0 Å². The van der Waals surface area contributed by atoms with Crippen molar-refractivity contribution in [1.29, 1.82) is 0 Å². The van der Waals surface area contributed by atoms with E-state index in [-0.39, 0.29) is 37.2 Å². The Morgan fingerprint density at radius 3 is 0.679 bits per heavy atom. The number of unbranched alkanes of at least 4 members (excludes halogenated alkanes) is 15. The van der Waals surface area contributed by atoms with Gasteiger partial charge in [-0.1, -0.05) is 136 Å². The monoisotopic (exact) mass is 414 g/mol. The van der Waals surface area contributed by atoms with Gasteiger partial charge in [-0.3, -0.25) is 0 Å². The van der Waals surface area contributed by atoms with E-state index in [1.807, 2.05) is 0 Å². The van der Waals surface area contributed by atoms with Crippen molar-refractivity contribution >= 4 is 17.4 Å². The third kappa shape index (κ3) is 50.3. The van der Waals surface area contributed by atoms with Gasteiger partial charge in [0.2, 0.25) is 0 Å². The Balaban J connectivity index is -0.000000152. The van der Waals surface area contributed by atoms with Crippen LogP contribution >= 0.6 is 0 Å². The normalized spacial score (nSPS) is 9.64. The molecule has 171 valence electrons. The first kappa shape index (κ1) is 35.8. The van der Waals surface area contributed by atoms with E-state index >= 15 is 0 Å². The zero-order valence-corrected chi connectivity index (χ0v) is 20.8. The summed E-state index contributed by atoms with van der Waals surface area (Å²) < 4.78 is 0. The first-order chi connectivity index (χ1) is 13.2. The van der Waals surface area contributed by atoms with Crippen LogP contribution in [0, 0.1) is 0 Å². The highest BCUT2D eigenvalue weighted by Crippen LogP contribution is 2.04. The molecule has 4 heteroatoms. The number of hydrogen-bond acceptors (Lipinski definition) is 3. The van der Waals surface area contributed by atoms with Crippen LogP contribution in [0.1, 0.15) is 136 Å². The molecule has 3 nitrogen and oxygen atoms in total. The highest BCUT2D eigenvalue weighted by atomic mass is 27.0. The predicted molar refractivity (Wildman–Crippen MR) is 120 cm³/mol. The molecule has 0 amide bonds. The van der Waals surface area contributed by atoms with E-state index < -0.39 is 0 Å². The maximum absolute atomic E-state index is 9.96. The second-order valence-corrected chi connectivity index (χ2v) is 7.42. The van der Waals surface area contributed by atoms with Gasteiger partial charge in [0, 0.05) is 17.4 Å². The van der Waals surface area contributed by atoms with Gasteiger partial charge in [-0.25, -0.2) is 0 Å². The summed E-state index contributed by atoms with van der Waals surface area (Å²) in [5.74, 6) is 0. The van der Waals surface area contributed by atoms with Crippen LogP contribution in [0.2, 0.25) is 0 Å². The van der Waals surface area contributed by atoms with E-state index in [4.69, 9.17) is 0 Å². The molecule has 0 aliphatic carbocycles. The summed E-state index contributed by atoms with van der Waals surface area (Å²) in [6, 6.07) is 0. The highest BCUT2D eigenvalue weighted by molar-refractivity contribution is 5.75. The molecule has 0 saturated heterocycles. The quantitative estimate of drug-likeness (QED) is 0.240. The predicted octanol–water partition coefficient (Wildman–Crippen LogP) is 4.74. The Kier molecular flexibility index (Phi) is 53.4. The van der Waals surface area contributed by atoms with Gasteiger partial charge in [0.05, 0.1) is 0 Å². The molecule has 0 bridgehead atoms. The van der Waals surface area contributed by atoms with Crippen LogP contribution < -0.4 is 15.3 Å². The maximum Gasteiger partial charge on any atom is 0 e. The maximum atomic E-state index is 9.96. The lowest BCUT2D eigenvalue weighted by molar-refractivity contribution is -0.368. The Morgan fingerprint density at radius 2 is 0.500 bits per heavy atom. The SMILES string of the molecule is CCCCCCCC[O-].CCCCCCCC[O-].CCCCCCCC[O-].[Al]. The summed E-state index contributed by atoms with van der Waals surface area (Å²) >= 11 is 0. The van der Waals surface area contributed by atoms with Crippen LogP contribution in [0.3, 0.4) is 0 Å². The van der Waals surface area contributed by atoms with Crippen LogP contribution in [0.25, 0.3) is 0 Å². The molecular weight excluding hydrogens is 363 g/mol. The molecule has 0 aromatic rings. The van der Waals surface area contributed by atoms with Crippen molar-refractivity contribution in [2.45, 2.75) is 136 Å². The van der Waals surface area contributed by atoms with E-state index in [2.05, 4.69) is 20.8 Å². The number of rotatable bonds is 18. The fraction of sp³-hybridized carbons (Fsp3) is 1.00. The third-order valence-corrected chi connectivity index (χ3v) is 4.49. The largest absolute Gasteiger partial charge is 0.854 e. The fourth-order valence-electron chi connectivity index (χ4n) is 2.65. The van der Waals surface area contributed by atoms with Crippen molar-refractivity contribution in [2.75, 3.05) is 19.8 Å². The lowest BCUT2D eigenvalue weighted by Crippen LogP contribution is -2.04. The van der Waals surface area contributed by atoms with Crippen molar-refractivity contribution in [3.63, 3.8) is 0 Å². The molecule has 28 heavy (non-hydrogen) atoms. The first-order valence-electron chi connectivity index (χ1n) is 12.0. The molecular formula is C24H51AlO3-3. The molecule has 3 radical (unpaired) electrons. The molecule has 0 aliphatic rings. The average molecular weight is 415 g/mol. The molecule has 0 atom stereocenters. The van der Waals surface area contributed by atoms with E-state index in [0.717, 1.165) is 38.5 Å². The average Bonchev–Trinajstić information content (AvgIpc) is 2.69. The van der Waals surface area contributed by atoms with Gasteiger partial charge in [0.25, 0.3) is 0 Å². The second kappa shape index (κ2) is 41.7. The molecule has 0 aliphatic heterocycles. The van der Waals surface area contributed by atoms with Gasteiger partial charge in [0.15, 0.2) is 0 Å². The van der Waals surface area contributed by atoms with E-state index in [1.54, 1.807) is 0 Å².